The number of halogens is 2. The second-order valence-electron chi connectivity index (χ2n) is 5.73. The van der Waals surface area contributed by atoms with Crippen LogP contribution in [-0.2, 0) is 4.79 Å². The summed E-state index contributed by atoms with van der Waals surface area (Å²) < 4.78 is 25.9. The van der Waals surface area contributed by atoms with Crippen molar-refractivity contribution >= 4 is 5.91 Å². The van der Waals surface area contributed by atoms with Crippen molar-refractivity contribution in [1.29, 1.82) is 0 Å². The largest absolute Gasteiger partial charge is 0.354 e. The second kappa shape index (κ2) is 4.52. The van der Waals surface area contributed by atoms with Gasteiger partial charge in [-0.1, -0.05) is 19.8 Å². The van der Waals surface area contributed by atoms with Crippen molar-refractivity contribution in [2.75, 3.05) is 13.1 Å². The van der Waals surface area contributed by atoms with Gasteiger partial charge in [-0.05, 0) is 18.3 Å². The molecule has 1 aliphatic heterocycles. The smallest absolute Gasteiger partial charge is 0.262 e. The molecule has 1 heterocycles. The monoisotopic (exact) mass is 246 g/mol. The maximum atomic E-state index is 12.9. The minimum Gasteiger partial charge on any atom is -0.354 e. The van der Waals surface area contributed by atoms with E-state index < -0.39 is 12.0 Å². The molecule has 1 unspecified atom stereocenters. The molecule has 0 aromatic carbocycles. The maximum Gasteiger partial charge on any atom is 0.262 e. The Bertz CT molecular complexity index is 301. The molecule has 3 nitrogen and oxygen atoms in total. The summed E-state index contributed by atoms with van der Waals surface area (Å²) in [5, 5.41) is 5.38. The van der Waals surface area contributed by atoms with Gasteiger partial charge in [-0.2, -0.15) is 0 Å². The average Bonchev–Trinajstić information content (AvgIpc) is 2.82. The lowest BCUT2D eigenvalue weighted by Crippen LogP contribution is -2.44. The maximum absolute atomic E-state index is 12.9. The van der Waals surface area contributed by atoms with Gasteiger partial charge in [0.15, 0.2) is 0 Å². The summed E-state index contributed by atoms with van der Waals surface area (Å²) >= 11 is 0. The van der Waals surface area contributed by atoms with E-state index in [9.17, 15) is 13.6 Å². The lowest BCUT2D eigenvalue weighted by Gasteiger charge is -2.24. The first-order chi connectivity index (χ1) is 7.90. The van der Waals surface area contributed by atoms with E-state index in [1.54, 1.807) is 0 Å². The first-order valence-electron chi connectivity index (χ1n) is 6.29. The first kappa shape index (κ1) is 12.7. The molecule has 0 radical (unpaired) electrons. The van der Waals surface area contributed by atoms with Crippen molar-refractivity contribution in [3.8, 4) is 0 Å². The summed E-state index contributed by atoms with van der Waals surface area (Å²) in [6.45, 7) is 2.37. The van der Waals surface area contributed by atoms with Gasteiger partial charge in [-0.25, -0.2) is 8.78 Å². The molecular weight excluding hydrogens is 226 g/mol. The predicted octanol–water partition coefficient (Wildman–Crippen LogP) is 1.68. The normalized spacial score (nSPS) is 30.4. The van der Waals surface area contributed by atoms with E-state index in [-0.39, 0.29) is 24.3 Å². The molecule has 2 fully saturated rings. The van der Waals surface area contributed by atoms with Gasteiger partial charge < -0.3 is 5.32 Å². The molecule has 5 heteroatoms. The molecule has 2 aliphatic rings. The van der Waals surface area contributed by atoms with Crippen LogP contribution in [0.25, 0.3) is 0 Å². The summed E-state index contributed by atoms with van der Waals surface area (Å²) in [6.07, 6.45) is 4.25. The lowest BCUT2D eigenvalue weighted by atomic mass is 9.89. The molecular formula is C12H20F2N2O. The number of rotatable bonds is 3. The lowest BCUT2D eigenvalue weighted by molar-refractivity contribution is -0.123. The van der Waals surface area contributed by atoms with E-state index in [0.717, 1.165) is 12.8 Å². The number of alkyl halides is 2. The van der Waals surface area contributed by atoms with Crippen LogP contribution in [0, 0.1) is 5.41 Å². The Kier molecular flexibility index (Phi) is 3.39. The molecule has 0 aromatic rings. The van der Waals surface area contributed by atoms with Crippen LogP contribution in [0.5, 0.6) is 0 Å². The van der Waals surface area contributed by atoms with Gasteiger partial charge in [-0.15, -0.1) is 0 Å². The third kappa shape index (κ3) is 3.15. The van der Waals surface area contributed by atoms with Crippen molar-refractivity contribution in [3.05, 3.63) is 0 Å². The van der Waals surface area contributed by atoms with Crippen LogP contribution in [0.15, 0.2) is 0 Å². The summed E-state index contributed by atoms with van der Waals surface area (Å²) in [5.41, 5.74) is 0.163. The highest BCUT2D eigenvalue weighted by atomic mass is 19.3. The number of carbonyl (C=O) groups is 1. The van der Waals surface area contributed by atoms with Crippen LogP contribution in [0.3, 0.4) is 0 Å². The van der Waals surface area contributed by atoms with Crippen molar-refractivity contribution < 1.29 is 13.6 Å². The highest BCUT2D eigenvalue weighted by Crippen LogP contribution is 2.36. The first-order valence-corrected chi connectivity index (χ1v) is 6.29. The third-order valence-corrected chi connectivity index (χ3v) is 3.93. The second-order valence-corrected chi connectivity index (χ2v) is 5.73. The molecule has 1 atom stereocenters. The molecule has 0 spiro atoms. The van der Waals surface area contributed by atoms with Crippen LogP contribution < -0.4 is 10.6 Å². The number of carbonyl (C=O) groups excluding carboxylic acids is 1. The Labute approximate surface area is 100 Å². The Morgan fingerprint density at radius 1 is 1.41 bits per heavy atom. The van der Waals surface area contributed by atoms with Crippen molar-refractivity contribution in [2.45, 2.75) is 51.0 Å². The van der Waals surface area contributed by atoms with Gasteiger partial charge in [0.2, 0.25) is 5.91 Å². The van der Waals surface area contributed by atoms with Gasteiger partial charge in [-0.3, -0.25) is 10.1 Å². The topological polar surface area (TPSA) is 41.1 Å². The van der Waals surface area contributed by atoms with Gasteiger partial charge in [0.05, 0.1) is 12.6 Å². The van der Waals surface area contributed by atoms with Gasteiger partial charge in [0, 0.05) is 13.0 Å². The third-order valence-electron chi connectivity index (χ3n) is 3.93. The standard InChI is InChI=1S/C12H20F2N2O/c1-11(4-2-3-5-11)7-16-10(17)9-6-12(13,14)8-15-9/h9,15H,2-8H2,1H3,(H,16,17). The summed E-state index contributed by atoms with van der Waals surface area (Å²) in [6, 6.07) is -0.727. The Balaban J connectivity index is 1.78. The highest BCUT2D eigenvalue weighted by Gasteiger charge is 2.42. The van der Waals surface area contributed by atoms with Crippen LogP contribution in [0.2, 0.25) is 0 Å². The quantitative estimate of drug-likeness (QED) is 0.795. The zero-order chi connectivity index (χ0) is 12.5. The molecule has 98 valence electrons. The average molecular weight is 246 g/mol. The van der Waals surface area contributed by atoms with Gasteiger partial charge in [0.25, 0.3) is 5.92 Å². The molecule has 1 saturated carbocycles. The minimum atomic E-state index is -2.74. The van der Waals surface area contributed by atoms with Gasteiger partial charge >= 0.3 is 0 Å². The molecule has 1 amide bonds. The van der Waals surface area contributed by atoms with E-state index in [1.807, 2.05) is 0 Å². The summed E-state index contributed by atoms with van der Waals surface area (Å²) in [7, 11) is 0. The SMILES string of the molecule is CC1(CNC(=O)C2CC(F)(F)CN2)CCCC1. The molecule has 2 N–H and O–H groups in total. The molecule has 1 saturated heterocycles. The molecule has 2 rings (SSSR count). The summed E-state index contributed by atoms with van der Waals surface area (Å²) in [4.78, 5) is 11.7. The Morgan fingerprint density at radius 3 is 2.59 bits per heavy atom. The molecule has 0 bridgehead atoms. The minimum absolute atomic E-state index is 0.163. The molecule has 0 aromatic heterocycles. The van der Waals surface area contributed by atoms with E-state index >= 15 is 0 Å². The fourth-order valence-electron chi connectivity index (χ4n) is 2.73. The fraction of sp³-hybridized carbons (Fsp3) is 0.917. The zero-order valence-corrected chi connectivity index (χ0v) is 10.2. The highest BCUT2D eigenvalue weighted by molar-refractivity contribution is 5.82. The van der Waals surface area contributed by atoms with Crippen molar-refractivity contribution in [1.82, 2.24) is 10.6 Å². The van der Waals surface area contributed by atoms with Crippen LogP contribution >= 0.6 is 0 Å². The van der Waals surface area contributed by atoms with Gasteiger partial charge in [0.1, 0.15) is 0 Å². The summed E-state index contributed by atoms with van der Waals surface area (Å²) in [5.74, 6) is -3.02. The molecule has 17 heavy (non-hydrogen) atoms. The predicted molar refractivity (Wildman–Crippen MR) is 60.9 cm³/mol. The number of hydrogen-bond acceptors (Lipinski definition) is 2. The Morgan fingerprint density at radius 2 is 2.06 bits per heavy atom. The fourth-order valence-corrected chi connectivity index (χ4v) is 2.73. The zero-order valence-electron chi connectivity index (χ0n) is 10.2. The van der Waals surface area contributed by atoms with Crippen LogP contribution in [0.4, 0.5) is 8.78 Å². The van der Waals surface area contributed by atoms with Crippen molar-refractivity contribution in [2.24, 2.45) is 5.41 Å². The van der Waals surface area contributed by atoms with E-state index in [2.05, 4.69) is 17.6 Å². The van der Waals surface area contributed by atoms with Crippen molar-refractivity contribution in [3.63, 3.8) is 0 Å². The Hall–Kier alpha value is -0.710. The number of amides is 1. The van der Waals surface area contributed by atoms with Crippen LogP contribution in [0.1, 0.15) is 39.0 Å². The number of hydrogen-bond donors (Lipinski definition) is 2. The van der Waals surface area contributed by atoms with E-state index in [1.165, 1.54) is 12.8 Å². The van der Waals surface area contributed by atoms with E-state index in [4.69, 9.17) is 0 Å². The molecule has 1 aliphatic carbocycles. The van der Waals surface area contributed by atoms with Crippen LogP contribution in [-0.4, -0.2) is 31.0 Å². The number of nitrogens with one attached hydrogen (secondary N) is 2. The van der Waals surface area contributed by atoms with E-state index in [0.29, 0.717) is 6.54 Å².